The summed E-state index contributed by atoms with van der Waals surface area (Å²) in [4.78, 5) is 11.2. The molecule has 1 atom stereocenters. The van der Waals surface area contributed by atoms with Gasteiger partial charge >= 0.3 is 5.97 Å². The summed E-state index contributed by atoms with van der Waals surface area (Å²) in [6.45, 7) is 1.01. The lowest BCUT2D eigenvalue weighted by Crippen LogP contribution is -2.24. The van der Waals surface area contributed by atoms with Crippen molar-refractivity contribution in [3.8, 4) is 0 Å². The van der Waals surface area contributed by atoms with Crippen LogP contribution in [0.1, 0.15) is 28.8 Å². The van der Waals surface area contributed by atoms with Crippen LogP contribution in [0, 0.1) is 5.82 Å². The summed E-state index contributed by atoms with van der Waals surface area (Å²) in [7, 11) is 1.29. The third kappa shape index (κ3) is 2.82. The number of benzene rings is 1. The normalized spacial score (nSPS) is 19.3. The molecule has 0 aliphatic carbocycles. The van der Waals surface area contributed by atoms with E-state index in [0.29, 0.717) is 18.0 Å². The molecule has 1 aromatic rings. The number of hydrogen-bond donors (Lipinski definition) is 1. The van der Waals surface area contributed by atoms with Gasteiger partial charge in [0, 0.05) is 6.04 Å². The maximum absolute atomic E-state index is 13.8. The molecule has 4 heteroatoms. The molecular formula is C13H16FNO2. The quantitative estimate of drug-likeness (QED) is 0.816. The third-order valence-corrected chi connectivity index (χ3v) is 3.10. The average Bonchev–Trinajstić information content (AvgIpc) is 2.83. The molecule has 0 aromatic heterocycles. The summed E-state index contributed by atoms with van der Waals surface area (Å²) in [5.41, 5.74) is 0.908. The van der Waals surface area contributed by atoms with Crippen LogP contribution < -0.4 is 5.32 Å². The number of halogens is 1. The van der Waals surface area contributed by atoms with Crippen molar-refractivity contribution in [2.24, 2.45) is 0 Å². The summed E-state index contributed by atoms with van der Waals surface area (Å²) in [6, 6.07) is 4.88. The zero-order valence-corrected chi connectivity index (χ0v) is 9.83. The fraction of sp³-hybridized carbons (Fsp3) is 0.462. The van der Waals surface area contributed by atoms with Gasteiger partial charge < -0.3 is 10.1 Å². The molecule has 1 aromatic carbocycles. The summed E-state index contributed by atoms with van der Waals surface area (Å²) < 4.78 is 18.3. The molecule has 92 valence electrons. The number of carbonyl (C=O) groups excluding carboxylic acids is 1. The molecule has 0 radical (unpaired) electrons. The van der Waals surface area contributed by atoms with E-state index in [1.54, 1.807) is 12.1 Å². The van der Waals surface area contributed by atoms with Crippen LogP contribution in [0.4, 0.5) is 4.39 Å². The fourth-order valence-electron chi connectivity index (χ4n) is 2.15. The van der Waals surface area contributed by atoms with Crippen LogP contribution in [-0.2, 0) is 11.2 Å². The van der Waals surface area contributed by atoms with Gasteiger partial charge in [0.2, 0.25) is 0 Å². The Hall–Kier alpha value is -1.42. The van der Waals surface area contributed by atoms with E-state index >= 15 is 0 Å². The number of ether oxygens (including phenoxy) is 1. The molecular weight excluding hydrogens is 221 g/mol. The van der Waals surface area contributed by atoms with Gasteiger partial charge in [-0.25, -0.2) is 9.18 Å². The Morgan fingerprint density at radius 3 is 3.00 bits per heavy atom. The lowest BCUT2D eigenvalue weighted by Gasteiger charge is -2.11. The first-order valence-corrected chi connectivity index (χ1v) is 5.81. The minimum Gasteiger partial charge on any atom is -0.465 e. The lowest BCUT2D eigenvalue weighted by molar-refractivity contribution is 0.0600. The zero-order valence-electron chi connectivity index (χ0n) is 9.83. The monoisotopic (exact) mass is 237 g/mol. The Morgan fingerprint density at radius 1 is 1.59 bits per heavy atom. The topological polar surface area (TPSA) is 38.3 Å². The van der Waals surface area contributed by atoms with Gasteiger partial charge in [0.05, 0.1) is 12.7 Å². The van der Waals surface area contributed by atoms with Gasteiger partial charge in [-0.3, -0.25) is 0 Å². The van der Waals surface area contributed by atoms with Gasteiger partial charge in [-0.2, -0.15) is 0 Å². The molecule has 0 spiro atoms. The highest BCUT2D eigenvalue weighted by atomic mass is 19.1. The smallest absolute Gasteiger partial charge is 0.337 e. The molecule has 17 heavy (non-hydrogen) atoms. The molecule has 3 nitrogen and oxygen atoms in total. The molecule has 1 unspecified atom stereocenters. The maximum Gasteiger partial charge on any atom is 0.337 e. The summed E-state index contributed by atoms with van der Waals surface area (Å²) >= 11 is 0. The highest BCUT2D eigenvalue weighted by Crippen LogP contribution is 2.16. The standard InChI is InChI=1S/C13H16FNO2/c1-17-13(16)10-5-4-9(12(14)8-10)7-11-3-2-6-15-11/h4-5,8,11,15H,2-3,6-7H2,1H3. The predicted octanol–water partition coefficient (Wildman–Crippen LogP) is 1.91. The molecule has 1 fully saturated rings. The summed E-state index contributed by atoms with van der Waals surface area (Å²) in [6.07, 6.45) is 2.90. The minimum absolute atomic E-state index is 0.258. The van der Waals surface area contributed by atoms with Crippen LogP contribution in [0.3, 0.4) is 0 Å². The Morgan fingerprint density at radius 2 is 2.41 bits per heavy atom. The van der Waals surface area contributed by atoms with Crippen LogP contribution in [0.5, 0.6) is 0 Å². The van der Waals surface area contributed by atoms with Gasteiger partial charge in [0.15, 0.2) is 0 Å². The SMILES string of the molecule is COC(=O)c1ccc(CC2CCCN2)c(F)c1. The minimum atomic E-state index is -0.505. The van der Waals surface area contributed by atoms with Crippen molar-refractivity contribution in [2.75, 3.05) is 13.7 Å². The predicted molar refractivity (Wildman–Crippen MR) is 62.5 cm³/mol. The Labute approximate surface area is 100.0 Å². The molecule has 0 saturated carbocycles. The average molecular weight is 237 g/mol. The Balaban J connectivity index is 2.10. The number of esters is 1. The molecule has 1 aliphatic heterocycles. The van der Waals surface area contributed by atoms with Gasteiger partial charge in [-0.05, 0) is 43.5 Å². The van der Waals surface area contributed by atoms with Crippen LogP contribution in [-0.4, -0.2) is 25.7 Å². The molecule has 1 aliphatic rings. The van der Waals surface area contributed by atoms with Crippen molar-refractivity contribution in [1.82, 2.24) is 5.32 Å². The van der Waals surface area contributed by atoms with Gasteiger partial charge in [-0.15, -0.1) is 0 Å². The number of hydrogen-bond acceptors (Lipinski definition) is 3. The van der Waals surface area contributed by atoms with Crippen LogP contribution in [0.25, 0.3) is 0 Å². The molecule has 2 rings (SSSR count). The number of carbonyl (C=O) groups is 1. The third-order valence-electron chi connectivity index (χ3n) is 3.10. The van der Waals surface area contributed by atoms with E-state index in [1.807, 2.05) is 0 Å². The first-order valence-electron chi connectivity index (χ1n) is 5.81. The Bertz CT molecular complexity index is 414. The lowest BCUT2D eigenvalue weighted by atomic mass is 10.0. The number of rotatable bonds is 3. The van der Waals surface area contributed by atoms with E-state index in [2.05, 4.69) is 10.1 Å². The second-order valence-corrected chi connectivity index (χ2v) is 4.30. The van der Waals surface area contributed by atoms with Crippen LogP contribution >= 0.6 is 0 Å². The Kier molecular flexibility index (Phi) is 3.74. The molecule has 1 heterocycles. The van der Waals surface area contributed by atoms with Gasteiger partial charge in [-0.1, -0.05) is 6.07 Å². The first-order chi connectivity index (χ1) is 8.20. The van der Waals surface area contributed by atoms with E-state index in [-0.39, 0.29) is 11.4 Å². The number of methoxy groups -OCH3 is 1. The van der Waals surface area contributed by atoms with E-state index < -0.39 is 5.97 Å². The number of nitrogens with one attached hydrogen (secondary N) is 1. The maximum atomic E-state index is 13.8. The van der Waals surface area contributed by atoms with Crippen molar-refractivity contribution in [1.29, 1.82) is 0 Å². The van der Waals surface area contributed by atoms with Crippen LogP contribution in [0.2, 0.25) is 0 Å². The molecule has 1 N–H and O–H groups in total. The van der Waals surface area contributed by atoms with E-state index in [4.69, 9.17) is 0 Å². The van der Waals surface area contributed by atoms with Crippen molar-refractivity contribution < 1.29 is 13.9 Å². The second-order valence-electron chi connectivity index (χ2n) is 4.30. The van der Waals surface area contributed by atoms with Crippen molar-refractivity contribution >= 4 is 5.97 Å². The summed E-state index contributed by atoms with van der Waals surface area (Å²) in [5.74, 6) is -0.837. The van der Waals surface area contributed by atoms with Crippen LogP contribution in [0.15, 0.2) is 18.2 Å². The zero-order chi connectivity index (χ0) is 12.3. The van der Waals surface area contributed by atoms with Gasteiger partial charge in [0.25, 0.3) is 0 Å². The van der Waals surface area contributed by atoms with E-state index in [0.717, 1.165) is 19.4 Å². The van der Waals surface area contributed by atoms with Gasteiger partial charge in [0.1, 0.15) is 5.82 Å². The van der Waals surface area contributed by atoms with Crippen molar-refractivity contribution in [3.05, 3.63) is 35.1 Å². The largest absolute Gasteiger partial charge is 0.465 e. The van der Waals surface area contributed by atoms with Crippen molar-refractivity contribution in [3.63, 3.8) is 0 Å². The molecule has 0 bridgehead atoms. The highest BCUT2D eigenvalue weighted by Gasteiger charge is 2.17. The van der Waals surface area contributed by atoms with Crippen molar-refractivity contribution in [2.45, 2.75) is 25.3 Å². The summed E-state index contributed by atoms with van der Waals surface area (Å²) in [5, 5.41) is 3.32. The van der Waals surface area contributed by atoms with E-state index in [1.165, 1.54) is 13.2 Å². The highest BCUT2D eigenvalue weighted by molar-refractivity contribution is 5.89. The molecule has 1 saturated heterocycles. The second kappa shape index (κ2) is 5.27. The first kappa shape index (κ1) is 12.0. The van der Waals surface area contributed by atoms with E-state index in [9.17, 15) is 9.18 Å². The fourth-order valence-corrected chi connectivity index (χ4v) is 2.15. The molecule has 0 amide bonds.